The predicted molar refractivity (Wildman–Crippen MR) is 112 cm³/mol. The zero-order valence-corrected chi connectivity index (χ0v) is 16.0. The number of nitrogens with zero attached hydrogens (tertiary/aromatic N) is 2. The van der Waals surface area contributed by atoms with E-state index in [4.69, 9.17) is 0 Å². The molecular formula is C23H19FN4O2. The van der Waals surface area contributed by atoms with E-state index in [9.17, 15) is 14.0 Å². The van der Waals surface area contributed by atoms with Gasteiger partial charge in [-0.05, 0) is 48.5 Å². The third-order valence-corrected chi connectivity index (χ3v) is 4.61. The van der Waals surface area contributed by atoms with Gasteiger partial charge in [-0.1, -0.05) is 30.3 Å². The number of anilines is 1. The Morgan fingerprint density at radius 1 is 0.900 bits per heavy atom. The summed E-state index contributed by atoms with van der Waals surface area (Å²) in [5, 5.41) is 5.60. The minimum Gasteiger partial charge on any atom is -0.345 e. The quantitative estimate of drug-likeness (QED) is 0.516. The Labute approximate surface area is 172 Å². The van der Waals surface area contributed by atoms with Crippen molar-refractivity contribution in [2.24, 2.45) is 0 Å². The third-order valence-electron chi connectivity index (χ3n) is 4.61. The Morgan fingerprint density at radius 3 is 2.37 bits per heavy atom. The van der Waals surface area contributed by atoms with Crippen LogP contribution in [-0.2, 0) is 17.9 Å². The van der Waals surface area contributed by atoms with Crippen LogP contribution in [0.2, 0.25) is 0 Å². The van der Waals surface area contributed by atoms with Gasteiger partial charge in [-0.25, -0.2) is 9.37 Å². The molecule has 1 aromatic heterocycles. The van der Waals surface area contributed by atoms with Crippen molar-refractivity contribution in [2.45, 2.75) is 13.1 Å². The number of amides is 2. The Hall–Kier alpha value is -4.00. The van der Waals surface area contributed by atoms with Crippen molar-refractivity contribution in [3.8, 4) is 0 Å². The number of aromatic nitrogens is 2. The van der Waals surface area contributed by atoms with Gasteiger partial charge in [0, 0.05) is 11.3 Å². The standard InChI is InChI=1S/C23H19FN4O2/c24-17-10-12-18(13-11-17)26-22(29)15-28-20-9-5-4-8-19(20)27-21(28)14-25-23(30)16-6-2-1-3-7-16/h1-13H,14-15H2,(H,25,30)(H,26,29). The lowest BCUT2D eigenvalue weighted by Gasteiger charge is -2.11. The molecule has 0 aliphatic heterocycles. The Kier molecular flexibility index (Phi) is 5.52. The van der Waals surface area contributed by atoms with Crippen LogP contribution in [-0.4, -0.2) is 21.4 Å². The first kappa shape index (κ1) is 19.3. The molecule has 1 heterocycles. The molecule has 0 fully saturated rings. The first-order chi connectivity index (χ1) is 14.6. The number of carbonyl (C=O) groups excluding carboxylic acids is 2. The second-order valence-corrected chi connectivity index (χ2v) is 6.71. The zero-order valence-electron chi connectivity index (χ0n) is 16.0. The Bertz CT molecular complexity index is 1190. The number of fused-ring (bicyclic) bond motifs is 1. The first-order valence-corrected chi connectivity index (χ1v) is 9.43. The van der Waals surface area contributed by atoms with Crippen molar-refractivity contribution < 1.29 is 14.0 Å². The highest BCUT2D eigenvalue weighted by Gasteiger charge is 2.15. The van der Waals surface area contributed by atoms with Gasteiger partial charge in [0.2, 0.25) is 5.91 Å². The monoisotopic (exact) mass is 402 g/mol. The van der Waals surface area contributed by atoms with Gasteiger partial charge in [-0.3, -0.25) is 9.59 Å². The fourth-order valence-corrected chi connectivity index (χ4v) is 3.17. The first-order valence-electron chi connectivity index (χ1n) is 9.43. The number of hydrogen-bond donors (Lipinski definition) is 2. The molecule has 0 radical (unpaired) electrons. The largest absolute Gasteiger partial charge is 0.345 e. The lowest BCUT2D eigenvalue weighted by molar-refractivity contribution is -0.116. The maximum atomic E-state index is 13.1. The molecule has 30 heavy (non-hydrogen) atoms. The molecule has 0 atom stereocenters. The van der Waals surface area contributed by atoms with Crippen LogP contribution < -0.4 is 10.6 Å². The number of para-hydroxylation sites is 2. The molecule has 0 saturated carbocycles. The van der Waals surface area contributed by atoms with E-state index in [1.165, 1.54) is 24.3 Å². The van der Waals surface area contributed by atoms with Crippen LogP contribution >= 0.6 is 0 Å². The van der Waals surface area contributed by atoms with Crippen molar-refractivity contribution in [1.29, 1.82) is 0 Å². The van der Waals surface area contributed by atoms with Crippen LogP contribution in [0.4, 0.5) is 10.1 Å². The Morgan fingerprint density at radius 2 is 1.60 bits per heavy atom. The average Bonchev–Trinajstić information content (AvgIpc) is 3.11. The minimum absolute atomic E-state index is 0.00836. The minimum atomic E-state index is -0.370. The number of carbonyl (C=O) groups is 2. The number of benzene rings is 3. The van der Waals surface area contributed by atoms with Crippen molar-refractivity contribution in [3.05, 3.63) is 96.1 Å². The molecule has 0 spiro atoms. The summed E-state index contributed by atoms with van der Waals surface area (Å²) in [4.78, 5) is 29.5. The molecule has 0 saturated heterocycles. The summed E-state index contributed by atoms with van der Waals surface area (Å²) in [6.45, 7) is 0.181. The second-order valence-electron chi connectivity index (χ2n) is 6.71. The number of nitrogens with one attached hydrogen (secondary N) is 2. The third kappa shape index (κ3) is 4.35. The van der Waals surface area contributed by atoms with Crippen LogP contribution in [0.25, 0.3) is 11.0 Å². The molecule has 0 aliphatic rings. The van der Waals surface area contributed by atoms with E-state index in [-0.39, 0.29) is 30.7 Å². The number of imidazole rings is 1. The number of rotatable bonds is 6. The van der Waals surface area contributed by atoms with Crippen LogP contribution in [0.5, 0.6) is 0 Å². The maximum absolute atomic E-state index is 13.1. The van der Waals surface area contributed by atoms with Crippen molar-refractivity contribution >= 4 is 28.5 Å². The smallest absolute Gasteiger partial charge is 0.251 e. The number of halogens is 1. The lowest BCUT2D eigenvalue weighted by atomic mass is 10.2. The van der Waals surface area contributed by atoms with E-state index in [0.29, 0.717) is 17.1 Å². The van der Waals surface area contributed by atoms with Gasteiger partial charge in [0.25, 0.3) is 5.91 Å². The SMILES string of the molecule is O=C(Cn1c(CNC(=O)c2ccccc2)nc2ccccc21)Nc1ccc(F)cc1. The molecular weight excluding hydrogens is 383 g/mol. The van der Waals surface area contributed by atoms with Gasteiger partial charge in [0.15, 0.2) is 0 Å². The molecule has 4 rings (SSSR count). The molecule has 6 nitrogen and oxygen atoms in total. The second kappa shape index (κ2) is 8.57. The topological polar surface area (TPSA) is 76.0 Å². The van der Waals surface area contributed by atoms with Crippen LogP contribution in [0.3, 0.4) is 0 Å². The predicted octanol–water partition coefficient (Wildman–Crippen LogP) is 3.74. The molecule has 2 amide bonds. The summed E-state index contributed by atoms with van der Waals surface area (Å²) in [5.41, 5.74) is 2.57. The molecule has 0 aliphatic carbocycles. The summed E-state index contributed by atoms with van der Waals surface area (Å²) in [7, 11) is 0. The normalized spacial score (nSPS) is 10.7. The molecule has 2 N–H and O–H groups in total. The van der Waals surface area contributed by atoms with E-state index >= 15 is 0 Å². The zero-order chi connectivity index (χ0) is 20.9. The van der Waals surface area contributed by atoms with Gasteiger partial charge in [0.05, 0.1) is 17.6 Å². The average molecular weight is 402 g/mol. The van der Waals surface area contributed by atoms with E-state index in [0.717, 1.165) is 11.0 Å². The van der Waals surface area contributed by atoms with Crippen LogP contribution in [0.15, 0.2) is 78.9 Å². The van der Waals surface area contributed by atoms with Crippen molar-refractivity contribution in [2.75, 3.05) is 5.32 Å². The highest BCUT2D eigenvalue weighted by atomic mass is 19.1. The van der Waals surface area contributed by atoms with Gasteiger partial charge < -0.3 is 15.2 Å². The van der Waals surface area contributed by atoms with Crippen LogP contribution in [0, 0.1) is 5.82 Å². The maximum Gasteiger partial charge on any atom is 0.251 e. The molecule has 4 aromatic rings. The van der Waals surface area contributed by atoms with Crippen LogP contribution in [0.1, 0.15) is 16.2 Å². The summed E-state index contributed by atoms with van der Waals surface area (Å²) in [5.74, 6) is -0.301. The summed E-state index contributed by atoms with van der Waals surface area (Å²) < 4.78 is 14.8. The molecule has 0 bridgehead atoms. The fourth-order valence-electron chi connectivity index (χ4n) is 3.17. The van der Waals surface area contributed by atoms with Crippen molar-refractivity contribution in [3.63, 3.8) is 0 Å². The Balaban J connectivity index is 1.53. The summed E-state index contributed by atoms with van der Waals surface area (Å²) in [6, 6.07) is 21.9. The molecule has 0 unspecified atom stereocenters. The van der Waals surface area contributed by atoms with Gasteiger partial charge >= 0.3 is 0 Å². The highest BCUT2D eigenvalue weighted by Crippen LogP contribution is 2.17. The van der Waals surface area contributed by atoms with Gasteiger partial charge in [-0.2, -0.15) is 0 Å². The lowest BCUT2D eigenvalue weighted by Crippen LogP contribution is -2.26. The molecule has 150 valence electrons. The molecule has 3 aromatic carbocycles. The summed E-state index contributed by atoms with van der Waals surface area (Å²) >= 11 is 0. The van der Waals surface area contributed by atoms with E-state index in [1.807, 2.05) is 30.3 Å². The van der Waals surface area contributed by atoms with Gasteiger partial charge in [-0.15, -0.1) is 0 Å². The number of hydrogen-bond acceptors (Lipinski definition) is 3. The van der Waals surface area contributed by atoms with E-state index in [1.54, 1.807) is 28.8 Å². The molecule has 7 heteroatoms. The van der Waals surface area contributed by atoms with E-state index < -0.39 is 0 Å². The van der Waals surface area contributed by atoms with E-state index in [2.05, 4.69) is 15.6 Å². The highest BCUT2D eigenvalue weighted by molar-refractivity contribution is 5.94. The fraction of sp³-hybridized carbons (Fsp3) is 0.0870. The van der Waals surface area contributed by atoms with Gasteiger partial charge in [0.1, 0.15) is 18.2 Å². The summed E-state index contributed by atoms with van der Waals surface area (Å²) in [6.07, 6.45) is 0. The van der Waals surface area contributed by atoms with Crippen molar-refractivity contribution in [1.82, 2.24) is 14.9 Å².